The fourth-order valence-corrected chi connectivity index (χ4v) is 2.20. The summed E-state index contributed by atoms with van der Waals surface area (Å²) in [6, 6.07) is 1.79. The Morgan fingerprint density at radius 2 is 1.74 bits per heavy atom. The van der Waals surface area contributed by atoms with Crippen LogP contribution in [-0.4, -0.2) is 26.3 Å². The molecular formula is C13H18ClNO3S. The minimum Gasteiger partial charge on any atom is -0.492 e. The lowest BCUT2D eigenvalue weighted by Gasteiger charge is -2.18. The monoisotopic (exact) mass is 303 g/mol. The second-order valence-electron chi connectivity index (χ2n) is 4.12. The lowest BCUT2D eigenvalue weighted by atomic mass is 9.99. The molecule has 0 heterocycles. The van der Waals surface area contributed by atoms with Crippen LogP contribution >= 0.6 is 23.8 Å². The number of nitrogens with two attached hydrogens (primary N) is 1. The fraction of sp³-hybridized carbons (Fsp3) is 0.462. The highest BCUT2D eigenvalue weighted by Crippen LogP contribution is 2.45. The molecular weight excluding hydrogens is 286 g/mol. The van der Waals surface area contributed by atoms with E-state index in [0.29, 0.717) is 33.7 Å². The molecule has 1 aromatic rings. The SMILES string of the molecule is COc1c(Cl)cc(CC(C)C(N)=S)c(OC)c1OC. The third kappa shape index (κ3) is 3.42. The average molecular weight is 304 g/mol. The summed E-state index contributed by atoms with van der Waals surface area (Å²) in [5.74, 6) is 1.56. The molecule has 0 bridgehead atoms. The number of ether oxygens (including phenoxy) is 3. The summed E-state index contributed by atoms with van der Waals surface area (Å²) >= 11 is 11.2. The molecule has 2 N–H and O–H groups in total. The van der Waals surface area contributed by atoms with Crippen molar-refractivity contribution in [1.29, 1.82) is 0 Å². The molecule has 0 aliphatic carbocycles. The van der Waals surface area contributed by atoms with Crippen LogP contribution in [0.5, 0.6) is 17.2 Å². The lowest BCUT2D eigenvalue weighted by molar-refractivity contribution is 0.322. The molecule has 0 amide bonds. The number of hydrogen-bond donors (Lipinski definition) is 1. The van der Waals surface area contributed by atoms with Gasteiger partial charge < -0.3 is 19.9 Å². The molecule has 6 heteroatoms. The first-order valence-corrected chi connectivity index (χ1v) is 6.51. The van der Waals surface area contributed by atoms with E-state index in [9.17, 15) is 0 Å². The molecule has 0 aliphatic heterocycles. The first kappa shape index (κ1) is 15.9. The number of benzene rings is 1. The highest BCUT2D eigenvalue weighted by molar-refractivity contribution is 7.80. The van der Waals surface area contributed by atoms with Gasteiger partial charge in [-0.05, 0) is 12.5 Å². The van der Waals surface area contributed by atoms with E-state index in [0.717, 1.165) is 5.56 Å². The van der Waals surface area contributed by atoms with Crippen molar-refractivity contribution in [2.24, 2.45) is 11.7 Å². The Balaban J connectivity index is 3.32. The Bertz CT molecular complexity index is 479. The van der Waals surface area contributed by atoms with Gasteiger partial charge in [0.25, 0.3) is 0 Å². The molecule has 1 aromatic carbocycles. The summed E-state index contributed by atoms with van der Waals surface area (Å²) in [4.78, 5) is 0.452. The Labute approximate surface area is 123 Å². The molecule has 1 rings (SSSR count). The topological polar surface area (TPSA) is 53.7 Å². The summed E-state index contributed by atoms with van der Waals surface area (Å²) in [7, 11) is 4.64. The standard InChI is InChI=1S/C13H18ClNO3S/c1-7(13(15)19)5-8-6-9(14)11(17-3)12(18-4)10(8)16-2/h6-7H,5H2,1-4H3,(H2,15,19). The molecule has 19 heavy (non-hydrogen) atoms. The number of halogens is 1. The van der Waals surface area contributed by atoms with E-state index in [1.165, 1.54) is 14.2 Å². The molecule has 0 aromatic heterocycles. The van der Waals surface area contributed by atoms with Crippen LogP contribution in [0.25, 0.3) is 0 Å². The van der Waals surface area contributed by atoms with Crippen molar-refractivity contribution in [3.63, 3.8) is 0 Å². The van der Waals surface area contributed by atoms with Crippen LogP contribution in [0, 0.1) is 5.92 Å². The Hall–Kier alpha value is -1.20. The number of thiocarbonyl (C=S) groups is 1. The van der Waals surface area contributed by atoms with E-state index in [2.05, 4.69) is 0 Å². The molecule has 0 radical (unpaired) electrons. The molecule has 0 spiro atoms. The van der Waals surface area contributed by atoms with E-state index in [-0.39, 0.29) is 5.92 Å². The van der Waals surface area contributed by atoms with Crippen molar-refractivity contribution in [2.75, 3.05) is 21.3 Å². The van der Waals surface area contributed by atoms with Crippen molar-refractivity contribution in [3.05, 3.63) is 16.7 Å². The first-order chi connectivity index (χ1) is 8.96. The highest BCUT2D eigenvalue weighted by atomic mass is 35.5. The van der Waals surface area contributed by atoms with Gasteiger partial charge >= 0.3 is 0 Å². The fourth-order valence-electron chi connectivity index (χ4n) is 1.82. The second-order valence-corrected chi connectivity index (χ2v) is 5.00. The number of hydrogen-bond acceptors (Lipinski definition) is 4. The molecule has 0 aliphatic rings. The zero-order chi connectivity index (χ0) is 14.6. The smallest absolute Gasteiger partial charge is 0.205 e. The van der Waals surface area contributed by atoms with Gasteiger partial charge in [-0.1, -0.05) is 30.7 Å². The van der Waals surface area contributed by atoms with E-state index in [1.807, 2.05) is 6.92 Å². The predicted octanol–water partition coefficient (Wildman–Crippen LogP) is 2.83. The van der Waals surface area contributed by atoms with Crippen LogP contribution < -0.4 is 19.9 Å². The van der Waals surface area contributed by atoms with Crippen LogP contribution in [-0.2, 0) is 6.42 Å². The van der Waals surface area contributed by atoms with Gasteiger partial charge in [0.05, 0.1) is 31.3 Å². The molecule has 0 saturated carbocycles. The van der Waals surface area contributed by atoms with E-state index in [4.69, 9.17) is 43.8 Å². The predicted molar refractivity (Wildman–Crippen MR) is 80.8 cm³/mol. The Kier molecular flexibility index (Phi) is 5.69. The van der Waals surface area contributed by atoms with E-state index in [1.54, 1.807) is 13.2 Å². The Morgan fingerprint density at radius 1 is 1.21 bits per heavy atom. The second kappa shape index (κ2) is 6.82. The van der Waals surface area contributed by atoms with Crippen LogP contribution in [0.2, 0.25) is 5.02 Å². The van der Waals surface area contributed by atoms with Crippen LogP contribution in [0.4, 0.5) is 0 Å². The summed E-state index contributed by atoms with van der Waals surface area (Å²) in [6.45, 7) is 1.95. The molecule has 0 saturated heterocycles. The normalized spacial score (nSPS) is 11.8. The zero-order valence-corrected chi connectivity index (χ0v) is 13.0. The van der Waals surface area contributed by atoms with Gasteiger partial charge in [-0.15, -0.1) is 0 Å². The molecule has 0 fully saturated rings. The van der Waals surface area contributed by atoms with Crippen molar-refractivity contribution in [3.8, 4) is 17.2 Å². The van der Waals surface area contributed by atoms with Crippen molar-refractivity contribution in [2.45, 2.75) is 13.3 Å². The molecule has 106 valence electrons. The van der Waals surface area contributed by atoms with Gasteiger partial charge in [0, 0.05) is 11.5 Å². The number of rotatable bonds is 6. The van der Waals surface area contributed by atoms with Crippen molar-refractivity contribution < 1.29 is 14.2 Å². The summed E-state index contributed by atoms with van der Waals surface area (Å²) < 4.78 is 16.0. The van der Waals surface area contributed by atoms with Gasteiger partial charge in [0.15, 0.2) is 11.5 Å². The number of methoxy groups -OCH3 is 3. The van der Waals surface area contributed by atoms with Crippen LogP contribution in [0.15, 0.2) is 6.07 Å². The first-order valence-electron chi connectivity index (χ1n) is 5.72. The summed E-state index contributed by atoms with van der Waals surface area (Å²) in [5.41, 5.74) is 6.52. The Morgan fingerprint density at radius 3 is 2.16 bits per heavy atom. The third-order valence-corrected chi connectivity index (χ3v) is 3.53. The van der Waals surface area contributed by atoms with Crippen LogP contribution in [0.1, 0.15) is 12.5 Å². The molecule has 4 nitrogen and oxygen atoms in total. The maximum atomic E-state index is 6.18. The highest BCUT2D eigenvalue weighted by Gasteiger charge is 2.21. The minimum absolute atomic E-state index is 0.0399. The average Bonchev–Trinajstić information content (AvgIpc) is 2.37. The van der Waals surface area contributed by atoms with E-state index < -0.39 is 0 Å². The maximum Gasteiger partial charge on any atom is 0.205 e. The maximum absolute atomic E-state index is 6.18. The third-order valence-electron chi connectivity index (χ3n) is 2.85. The van der Waals surface area contributed by atoms with E-state index >= 15 is 0 Å². The van der Waals surface area contributed by atoms with Gasteiger partial charge in [-0.25, -0.2) is 0 Å². The van der Waals surface area contributed by atoms with Gasteiger partial charge in [0.1, 0.15) is 0 Å². The van der Waals surface area contributed by atoms with Gasteiger partial charge in [-0.2, -0.15) is 0 Å². The van der Waals surface area contributed by atoms with Gasteiger partial charge in [0.2, 0.25) is 5.75 Å². The molecule has 1 atom stereocenters. The van der Waals surface area contributed by atoms with Crippen molar-refractivity contribution in [1.82, 2.24) is 0 Å². The lowest BCUT2D eigenvalue weighted by Crippen LogP contribution is -2.20. The largest absolute Gasteiger partial charge is 0.492 e. The van der Waals surface area contributed by atoms with Gasteiger partial charge in [-0.3, -0.25) is 0 Å². The summed E-state index contributed by atoms with van der Waals surface area (Å²) in [5, 5.41) is 0.463. The summed E-state index contributed by atoms with van der Waals surface area (Å²) in [6.07, 6.45) is 0.624. The zero-order valence-electron chi connectivity index (χ0n) is 11.5. The van der Waals surface area contributed by atoms with Crippen LogP contribution in [0.3, 0.4) is 0 Å². The quantitative estimate of drug-likeness (QED) is 0.819. The molecule has 1 unspecified atom stereocenters. The minimum atomic E-state index is 0.0399. The van der Waals surface area contributed by atoms with Crippen molar-refractivity contribution >= 4 is 28.8 Å².